The summed E-state index contributed by atoms with van der Waals surface area (Å²) in [5, 5.41) is 3.34. The first-order valence-electron chi connectivity index (χ1n) is 7.79. The third kappa shape index (κ3) is 3.48. The molecule has 0 aromatic heterocycles. The maximum Gasteiger partial charge on any atom is 0.325 e. The van der Waals surface area contributed by atoms with Gasteiger partial charge in [0.1, 0.15) is 23.7 Å². The van der Waals surface area contributed by atoms with Crippen molar-refractivity contribution in [3.63, 3.8) is 0 Å². The summed E-state index contributed by atoms with van der Waals surface area (Å²) in [7, 11) is 0. The van der Waals surface area contributed by atoms with E-state index < -0.39 is 17.5 Å². The molecule has 136 valence electrons. The Bertz CT molecular complexity index is 860. The number of halogens is 3. The monoisotopic (exact) mass is 396 g/mol. The third-order valence-corrected chi connectivity index (χ3v) is 4.91. The van der Waals surface area contributed by atoms with Gasteiger partial charge in [-0.05, 0) is 48.9 Å². The zero-order chi connectivity index (χ0) is 18.9. The molecule has 5 nitrogen and oxygen atoms in total. The third-order valence-electron chi connectivity index (χ3n) is 4.17. The van der Waals surface area contributed by atoms with Gasteiger partial charge in [-0.1, -0.05) is 29.3 Å². The average Bonchev–Trinajstić information content (AvgIpc) is 2.83. The number of urea groups is 1. The van der Waals surface area contributed by atoms with Crippen molar-refractivity contribution in [2.24, 2.45) is 0 Å². The molecule has 1 aliphatic rings. The van der Waals surface area contributed by atoms with Gasteiger partial charge in [0, 0.05) is 0 Å². The number of imide groups is 1. The zero-order valence-electron chi connectivity index (χ0n) is 13.8. The van der Waals surface area contributed by atoms with Gasteiger partial charge < -0.3 is 10.1 Å². The summed E-state index contributed by atoms with van der Waals surface area (Å²) in [6.07, 6.45) is 0. The van der Waals surface area contributed by atoms with Gasteiger partial charge in [-0.2, -0.15) is 0 Å². The van der Waals surface area contributed by atoms with Crippen LogP contribution < -0.4 is 10.1 Å². The second-order valence-electron chi connectivity index (χ2n) is 5.94. The average molecular weight is 397 g/mol. The number of benzene rings is 2. The van der Waals surface area contributed by atoms with Crippen LogP contribution in [0, 0.1) is 5.82 Å². The zero-order valence-corrected chi connectivity index (χ0v) is 15.3. The fourth-order valence-electron chi connectivity index (χ4n) is 2.69. The predicted molar refractivity (Wildman–Crippen MR) is 96.0 cm³/mol. The Kier molecular flexibility index (Phi) is 5.07. The van der Waals surface area contributed by atoms with Gasteiger partial charge in [0.05, 0.1) is 16.6 Å². The van der Waals surface area contributed by atoms with Gasteiger partial charge in [0.2, 0.25) is 0 Å². The lowest BCUT2D eigenvalue weighted by atomic mass is 9.92. The van der Waals surface area contributed by atoms with Crippen LogP contribution >= 0.6 is 23.2 Å². The highest BCUT2D eigenvalue weighted by atomic mass is 35.5. The summed E-state index contributed by atoms with van der Waals surface area (Å²) < 4.78 is 18.3. The Morgan fingerprint density at radius 3 is 2.46 bits per heavy atom. The summed E-state index contributed by atoms with van der Waals surface area (Å²) >= 11 is 11.9. The van der Waals surface area contributed by atoms with E-state index in [9.17, 15) is 14.0 Å². The first-order chi connectivity index (χ1) is 12.3. The molecule has 1 heterocycles. The Morgan fingerprint density at radius 1 is 1.12 bits per heavy atom. The molecule has 1 saturated heterocycles. The Hall–Kier alpha value is -2.31. The summed E-state index contributed by atoms with van der Waals surface area (Å²) in [6, 6.07) is 9.73. The first-order valence-corrected chi connectivity index (χ1v) is 8.55. The molecule has 3 amide bonds. The van der Waals surface area contributed by atoms with Gasteiger partial charge in [0.25, 0.3) is 5.91 Å². The van der Waals surface area contributed by atoms with Crippen molar-refractivity contribution < 1.29 is 18.7 Å². The Balaban J connectivity index is 1.69. The smallest absolute Gasteiger partial charge is 0.325 e. The van der Waals surface area contributed by atoms with Crippen molar-refractivity contribution in [3.05, 3.63) is 63.9 Å². The van der Waals surface area contributed by atoms with Crippen LogP contribution in [0.4, 0.5) is 9.18 Å². The highest BCUT2D eigenvalue weighted by Gasteiger charge is 2.48. The number of nitrogens with one attached hydrogen (secondary N) is 1. The molecule has 0 spiro atoms. The van der Waals surface area contributed by atoms with Crippen LogP contribution in [0.2, 0.25) is 10.0 Å². The number of carbonyl (C=O) groups excluding carboxylic acids is 2. The summed E-state index contributed by atoms with van der Waals surface area (Å²) in [5.41, 5.74) is -0.700. The van der Waals surface area contributed by atoms with Gasteiger partial charge in [-0.15, -0.1) is 0 Å². The van der Waals surface area contributed by atoms with Gasteiger partial charge in [-0.3, -0.25) is 9.69 Å². The highest BCUT2D eigenvalue weighted by molar-refractivity contribution is 6.42. The SMILES string of the molecule is CC1(c2ccc(Cl)c(Cl)c2)NC(=O)N(CCOc2ccc(F)cc2)C1=O. The Labute approximate surface area is 159 Å². The molecule has 0 radical (unpaired) electrons. The lowest BCUT2D eigenvalue weighted by Crippen LogP contribution is -2.41. The molecule has 1 atom stereocenters. The number of ether oxygens (including phenoxy) is 1. The molecule has 2 aromatic carbocycles. The van der Waals surface area contributed by atoms with Crippen LogP contribution in [0.1, 0.15) is 12.5 Å². The molecular weight excluding hydrogens is 382 g/mol. The standard InChI is InChI=1S/C18H15Cl2FN2O3/c1-18(11-2-7-14(19)15(20)10-11)16(24)23(17(25)22-18)8-9-26-13-5-3-12(21)4-6-13/h2-7,10H,8-9H2,1H3,(H,22,25). The number of hydrogen-bond acceptors (Lipinski definition) is 3. The van der Waals surface area contributed by atoms with Crippen LogP contribution in [0.25, 0.3) is 0 Å². The highest BCUT2D eigenvalue weighted by Crippen LogP contribution is 2.32. The number of hydrogen-bond donors (Lipinski definition) is 1. The van der Waals surface area contributed by atoms with Crippen LogP contribution in [0.15, 0.2) is 42.5 Å². The number of carbonyl (C=O) groups is 2. The van der Waals surface area contributed by atoms with Crippen molar-refractivity contribution in [1.29, 1.82) is 0 Å². The fraction of sp³-hybridized carbons (Fsp3) is 0.222. The van der Waals surface area contributed by atoms with Gasteiger partial charge >= 0.3 is 6.03 Å². The molecule has 0 bridgehead atoms. The largest absolute Gasteiger partial charge is 0.492 e. The molecule has 1 fully saturated rings. The maximum atomic E-state index is 12.9. The van der Waals surface area contributed by atoms with Crippen molar-refractivity contribution in [1.82, 2.24) is 10.2 Å². The second kappa shape index (κ2) is 7.13. The van der Waals surface area contributed by atoms with Crippen molar-refractivity contribution in [2.75, 3.05) is 13.2 Å². The van der Waals surface area contributed by atoms with Gasteiger partial charge in [0.15, 0.2) is 0 Å². The Morgan fingerprint density at radius 2 is 1.81 bits per heavy atom. The normalized spacial score (nSPS) is 19.6. The molecule has 3 rings (SSSR count). The quantitative estimate of drug-likeness (QED) is 0.777. The minimum atomic E-state index is -1.23. The molecule has 8 heteroatoms. The maximum absolute atomic E-state index is 12.9. The fourth-order valence-corrected chi connectivity index (χ4v) is 2.99. The molecule has 1 N–H and O–H groups in total. The minimum Gasteiger partial charge on any atom is -0.492 e. The molecule has 0 aliphatic carbocycles. The summed E-state index contributed by atoms with van der Waals surface area (Å²) in [4.78, 5) is 26.1. The van der Waals surface area contributed by atoms with Gasteiger partial charge in [-0.25, -0.2) is 9.18 Å². The van der Waals surface area contributed by atoms with E-state index in [0.29, 0.717) is 21.4 Å². The van der Waals surface area contributed by atoms with Crippen LogP contribution in [0.5, 0.6) is 5.75 Å². The first kappa shape index (κ1) is 18.5. The van der Waals surface area contributed by atoms with E-state index in [-0.39, 0.29) is 19.0 Å². The van der Waals surface area contributed by atoms with Crippen molar-refractivity contribution in [2.45, 2.75) is 12.5 Å². The molecule has 0 saturated carbocycles. The summed E-state index contributed by atoms with van der Waals surface area (Å²) in [6.45, 7) is 1.74. The molecular formula is C18H15Cl2FN2O3. The van der Waals surface area contributed by atoms with E-state index in [1.165, 1.54) is 24.3 Å². The van der Waals surface area contributed by atoms with E-state index in [2.05, 4.69) is 5.32 Å². The van der Waals surface area contributed by atoms with E-state index in [0.717, 1.165) is 4.90 Å². The summed E-state index contributed by atoms with van der Waals surface area (Å²) in [5.74, 6) is -0.335. The topological polar surface area (TPSA) is 58.6 Å². The molecule has 26 heavy (non-hydrogen) atoms. The molecule has 1 aliphatic heterocycles. The number of amides is 3. The molecule has 1 unspecified atom stereocenters. The van der Waals surface area contributed by atoms with E-state index in [4.69, 9.17) is 27.9 Å². The second-order valence-corrected chi connectivity index (χ2v) is 6.76. The lowest BCUT2D eigenvalue weighted by molar-refractivity contribution is -0.131. The van der Waals surface area contributed by atoms with Crippen molar-refractivity contribution in [3.8, 4) is 5.75 Å². The van der Waals surface area contributed by atoms with E-state index in [1.54, 1.807) is 25.1 Å². The van der Waals surface area contributed by atoms with Crippen LogP contribution in [-0.4, -0.2) is 30.0 Å². The predicted octanol–water partition coefficient (Wildman–Crippen LogP) is 3.98. The minimum absolute atomic E-state index is 0.0545. The van der Waals surface area contributed by atoms with E-state index in [1.807, 2.05) is 0 Å². The van der Waals surface area contributed by atoms with Crippen LogP contribution in [-0.2, 0) is 10.3 Å². The number of rotatable bonds is 5. The number of nitrogens with zero attached hydrogens (tertiary/aromatic N) is 1. The lowest BCUT2D eigenvalue weighted by Gasteiger charge is -2.22. The van der Waals surface area contributed by atoms with E-state index >= 15 is 0 Å². The molecule has 2 aromatic rings. The van der Waals surface area contributed by atoms with Crippen LogP contribution in [0.3, 0.4) is 0 Å². The van der Waals surface area contributed by atoms with Crippen molar-refractivity contribution >= 4 is 35.1 Å².